The normalized spacial score (nSPS) is 13.2. The van der Waals surface area contributed by atoms with Crippen molar-refractivity contribution in [2.24, 2.45) is 0 Å². The molecule has 0 aliphatic carbocycles. The van der Waals surface area contributed by atoms with E-state index in [4.69, 9.17) is 39.5 Å². The van der Waals surface area contributed by atoms with E-state index in [1.54, 1.807) is 67.7 Å². The number of hydrogen-bond acceptors (Lipinski definition) is 6. The summed E-state index contributed by atoms with van der Waals surface area (Å²) in [5, 5.41) is 11.0. The molecule has 0 bridgehead atoms. The van der Waals surface area contributed by atoms with Crippen molar-refractivity contribution in [3.8, 4) is 17.2 Å². The minimum Gasteiger partial charge on any atom is -0.444 e. The van der Waals surface area contributed by atoms with E-state index in [0.29, 0.717) is 69.3 Å². The van der Waals surface area contributed by atoms with Crippen LogP contribution in [0.4, 0.5) is 10.6 Å². The Morgan fingerprint density at radius 1 is 1.00 bits per heavy atom. The van der Waals surface area contributed by atoms with Gasteiger partial charge in [0.1, 0.15) is 18.5 Å². The molecule has 11 heteroatoms. The Labute approximate surface area is 235 Å². The molecule has 38 heavy (non-hydrogen) atoms. The van der Waals surface area contributed by atoms with Crippen LogP contribution in [-0.4, -0.2) is 67.1 Å². The SMILES string of the molecule is CN(C)C(=O)c1ccc(-c2cnc(N3CCN(C(=O)OCc4c(Cl)cccc4Cl)CC3)c(C#N)c2)cc1Cl. The number of hydrogen-bond donors (Lipinski definition) is 0. The van der Waals surface area contributed by atoms with Crippen molar-refractivity contribution in [2.45, 2.75) is 6.61 Å². The Kier molecular flexibility index (Phi) is 8.62. The average Bonchev–Trinajstić information content (AvgIpc) is 2.92. The van der Waals surface area contributed by atoms with E-state index < -0.39 is 6.09 Å². The molecule has 2 aromatic carbocycles. The summed E-state index contributed by atoms with van der Waals surface area (Å²) < 4.78 is 5.42. The van der Waals surface area contributed by atoms with Crippen molar-refractivity contribution in [2.75, 3.05) is 45.2 Å². The first kappa shape index (κ1) is 27.5. The third kappa shape index (κ3) is 5.97. The van der Waals surface area contributed by atoms with Gasteiger partial charge in [0.2, 0.25) is 0 Å². The number of carbonyl (C=O) groups is 2. The van der Waals surface area contributed by atoms with E-state index >= 15 is 0 Å². The molecule has 0 spiro atoms. The van der Waals surface area contributed by atoms with Crippen LogP contribution in [0.2, 0.25) is 15.1 Å². The molecule has 1 fully saturated rings. The molecule has 0 N–H and O–H groups in total. The quantitative estimate of drug-likeness (QED) is 0.387. The zero-order chi connectivity index (χ0) is 27.4. The number of piperazine rings is 1. The summed E-state index contributed by atoms with van der Waals surface area (Å²) in [6.45, 7) is 1.75. The van der Waals surface area contributed by atoms with E-state index in [1.807, 2.05) is 4.90 Å². The summed E-state index contributed by atoms with van der Waals surface area (Å²) in [4.78, 5) is 34.4. The predicted octanol–water partition coefficient (Wildman–Crippen LogP) is 5.74. The highest BCUT2D eigenvalue weighted by molar-refractivity contribution is 6.36. The third-order valence-corrected chi connectivity index (χ3v) is 7.19. The lowest BCUT2D eigenvalue weighted by Gasteiger charge is -2.35. The number of amides is 2. The molecule has 1 saturated heterocycles. The van der Waals surface area contributed by atoms with Crippen molar-refractivity contribution >= 4 is 52.6 Å². The van der Waals surface area contributed by atoms with Crippen molar-refractivity contribution in [3.05, 3.63) is 80.4 Å². The molecule has 4 rings (SSSR count). The lowest BCUT2D eigenvalue weighted by molar-refractivity contribution is 0.0827. The number of ether oxygens (including phenoxy) is 1. The average molecular weight is 573 g/mol. The molecule has 0 unspecified atom stereocenters. The molecule has 2 amide bonds. The van der Waals surface area contributed by atoms with Crippen molar-refractivity contribution in [1.29, 1.82) is 5.26 Å². The molecule has 2 heterocycles. The van der Waals surface area contributed by atoms with Gasteiger partial charge in [-0.1, -0.05) is 46.9 Å². The number of carbonyl (C=O) groups excluding carboxylic acids is 2. The molecular formula is C27H24Cl3N5O3. The minimum absolute atomic E-state index is 0.0204. The topological polar surface area (TPSA) is 89.8 Å². The second-order valence-corrected chi connectivity index (χ2v) is 10.1. The van der Waals surface area contributed by atoms with Gasteiger partial charge in [-0.3, -0.25) is 4.79 Å². The highest BCUT2D eigenvalue weighted by atomic mass is 35.5. The largest absolute Gasteiger partial charge is 0.444 e. The van der Waals surface area contributed by atoms with E-state index in [-0.39, 0.29) is 12.5 Å². The number of rotatable bonds is 5. The van der Waals surface area contributed by atoms with Crippen LogP contribution in [0.1, 0.15) is 21.5 Å². The van der Waals surface area contributed by atoms with Crippen LogP contribution in [0.15, 0.2) is 48.7 Å². The maximum Gasteiger partial charge on any atom is 0.410 e. The molecular weight excluding hydrogens is 549 g/mol. The predicted molar refractivity (Wildman–Crippen MR) is 148 cm³/mol. The maximum absolute atomic E-state index is 12.6. The molecule has 0 radical (unpaired) electrons. The zero-order valence-corrected chi connectivity index (χ0v) is 23.0. The number of benzene rings is 2. The van der Waals surface area contributed by atoms with Crippen LogP contribution in [-0.2, 0) is 11.3 Å². The van der Waals surface area contributed by atoms with Gasteiger partial charge in [-0.2, -0.15) is 5.26 Å². The van der Waals surface area contributed by atoms with Crippen molar-refractivity contribution in [1.82, 2.24) is 14.8 Å². The van der Waals surface area contributed by atoms with Gasteiger partial charge in [0.25, 0.3) is 5.91 Å². The molecule has 3 aromatic rings. The molecule has 196 valence electrons. The highest BCUT2D eigenvalue weighted by Gasteiger charge is 2.25. The first-order valence-corrected chi connectivity index (χ1v) is 12.8. The van der Waals surface area contributed by atoms with Gasteiger partial charge in [0.05, 0.1) is 16.1 Å². The number of anilines is 1. The van der Waals surface area contributed by atoms with Gasteiger partial charge >= 0.3 is 6.09 Å². The van der Waals surface area contributed by atoms with Crippen LogP contribution in [0.25, 0.3) is 11.1 Å². The van der Waals surface area contributed by atoms with Crippen LogP contribution in [0.3, 0.4) is 0 Å². The Morgan fingerprint density at radius 2 is 1.68 bits per heavy atom. The second-order valence-electron chi connectivity index (χ2n) is 8.83. The van der Waals surface area contributed by atoms with E-state index in [9.17, 15) is 14.9 Å². The number of halogens is 3. The monoisotopic (exact) mass is 571 g/mol. The first-order chi connectivity index (χ1) is 18.2. The number of pyridine rings is 1. The molecule has 8 nitrogen and oxygen atoms in total. The fraction of sp³-hybridized carbons (Fsp3) is 0.259. The van der Waals surface area contributed by atoms with Crippen molar-refractivity contribution < 1.29 is 14.3 Å². The van der Waals surface area contributed by atoms with Gasteiger partial charge in [0, 0.05) is 67.6 Å². The van der Waals surface area contributed by atoms with Gasteiger partial charge in [-0.05, 0) is 35.9 Å². The summed E-state index contributed by atoms with van der Waals surface area (Å²) >= 11 is 18.7. The van der Waals surface area contributed by atoms with Gasteiger partial charge in [0.15, 0.2) is 0 Å². The molecule has 0 saturated carbocycles. The molecule has 1 aliphatic heterocycles. The Morgan fingerprint density at radius 3 is 2.29 bits per heavy atom. The smallest absolute Gasteiger partial charge is 0.410 e. The lowest BCUT2D eigenvalue weighted by atomic mass is 10.0. The second kappa shape index (κ2) is 11.9. The van der Waals surface area contributed by atoms with Crippen LogP contribution >= 0.6 is 34.8 Å². The van der Waals surface area contributed by atoms with E-state index in [1.165, 1.54) is 4.90 Å². The number of nitriles is 1. The van der Waals surface area contributed by atoms with E-state index in [2.05, 4.69) is 11.1 Å². The summed E-state index contributed by atoms with van der Waals surface area (Å²) in [6, 6.07) is 14.2. The lowest BCUT2D eigenvalue weighted by Crippen LogP contribution is -2.49. The van der Waals surface area contributed by atoms with Gasteiger partial charge in [-0.15, -0.1) is 0 Å². The van der Waals surface area contributed by atoms with E-state index in [0.717, 1.165) is 5.56 Å². The third-order valence-electron chi connectivity index (χ3n) is 6.17. The Bertz CT molecular complexity index is 1400. The van der Waals surface area contributed by atoms with Gasteiger partial charge in [-0.25, -0.2) is 9.78 Å². The zero-order valence-electron chi connectivity index (χ0n) is 20.7. The van der Waals surface area contributed by atoms with Crippen molar-refractivity contribution in [3.63, 3.8) is 0 Å². The Hall–Kier alpha value is -3.51. The number of aromatic nitrogens is 1. The number of nitrogens with zero attached hydrogens (tertiary/aromatic N) is 5. The van der Waals surface area contributed by atoms with Crippen LogP contribution in [0.5, 0.6) is 0 Å². The molecule has 1 aromatic heterocycles. The minimum atomic E-state index is -0.461. The summed E-state index contributed by atoms with van der Waals surface area (Å²) in [5.41, 5.74) is 2.81. The maximum atomic E-state index is 12.6. The van der Waals surface area contributed by atoms with Crippen LogP contribution in [0, 0.1) is 11.3 Å². The summed E-state index contributed by atoms with van der Waals surface area (Å²) in [5.74, 6) is 0.348. The molecule has 1 aliphatic rings. The standard InChI is InChI=1S/C27H24Cl3N5O3/c1-33(2)26(36)20-7-6-17(13-24(20)30)19-12-18(14-31)25(32-15-19)34-8-10-35(11-9-34)27(37)38-16-21-22(28)4-3-5-23(21)29/h3-7,12-13,15H,8-11,16H2,1-2H3. The first-order valence-electron chi connectivity index (χ1n) is 11.7. The van der Waals surface area contributed by atoms with Gasteiger partial charge < -0.3 is 19.4 Å². The highest BCUT2D eigenvalue weighted by Crippen LogP contribution is 2.30. The fourth-order valence-corrected chi connectivity index (χ4v) is 4.82. The summed E-state index contributed by atoms with van der Waals surface area (Å²) in [7, 11) is 3.32. The fourth-order valence-electron chi connectivity index (χ4n) is 4.05. The molecule has 0 atom stereocenters. The summed E-state index contributed by atoms with van der Waals surface area (Å²) in [6.07, 6.45) is 1.21. The van der Waals surface area contributed by atoms with Crippen LogP contribution < -0.4 is 4.90 Å². The Balaban J connectivity index is 1.41.